The Morgan fingerprint density at radius 3 is 1.82 bits per heavy atom. The van der Waals surface area contributed by atoms with E-state index in [4.69, 9.17) is 0 Å². The topological polar surface area (TPSA) is 71.1 Å². The number of pyridine rings is 1. The first kappa shape index (κ1) is 30.8. The van der Waals surface area contributed by atoms with Crippen molar-refractivity contribution in [2.45, 2.75) is 31.1 Å². The van der Waals surface area contributed by atoms with E-state index < -0.39 is 10.8 Å². The molecule has 5 aromatic rings. The molecular weight excluding hydrogens is 563 g/mol. The van der Waals surface area contributed by atoms with Gasteiger partial charge in [-0.1, -0.05) is 103 Å². The number of hydrogen-bond donors (Lipinski definition) is 2. The predicted octanol–water partition coefficient (Wildman–Crippen LogP) is 6.88. The molecule has 5 nitrogen and oxygen atoms in total. The quantitative estimate of drug-likeness (QED) is 0.153. The molecule has 0 fully saturated rings. The van der Waals surface area contributed by atoms with E-state index in [1.54, 1.807) is 18.0 Å². The third-order valence-electron chi connectivity index (χ3n) is 7.80. The Labute approximate surface area is 264 Å². The van der Waals surface area contributed by atoms with Crippen molar-refractivity contribution < 1.29 is 9.59 Å². The molecule has 0 radical (unpaired) electrons. The number of nitrogens with one attached hydrogen (secondary N) is 2. The molecule has 1 heterocycles. The Hall–Kier alpha value is -4.68. The third-order valence-corrected chi connectivity index (χ3v) is 9.45. The Morgan fingerprint density at radius 1 is 0.727 bits per heavy atom. The van der Waals surface area contributed by atoms with Gasteiger partial charge in [-0.05, 0) is 65.9 Å². The van der Waals surface area contributed by atoms with Gasteiger partial charge in [0.05, 0.1) is 4.75 Å². The Bertz CT molecular complexity index is 1570. The number of thioether (sulfide) groups is 1. The maximum Gasteiger partial charge on any atom is 0.251 e. The van der Waals surface area contributed by atoms with Crippen molar-refractivity contribution in [1.82, 2.24) is 15.6 Å². The zero-order chi connectivity index (χ0) is 30.8. The Morgan fingerprint density at radius 2 is 1.30 bits per heavy atom. The number of carbonyl (C=O) groups is 2. The molecule has 1 atom stereocenters. The SMILES string of the molecule is Cc1ccc(C(=O)N[C@H](CSC(c2ccccc2)(c2ccccc2)c2ccccc2)C(=O)NCCc2ccccn2)cc1C. The first-order valence-corrected chi connectivity index (χ1v) is 15.8. The maximum absolute atomic E-state index is 13.8. The average molecular weight is 600 g/mol. The van der Waals surface area contributed by atoms with Crippen molar-refractivity contribution in [1.29, 1.82) is 0 Å². The first-order chi connectivity index (χ1) is 21.5. The van der Waals surface area contributed by atoms with Crippen LogP contribution in [0.3, 0.4) is 0 Å². The highest BCUT2D eigenvalue weighted by Gasteiger charge is 2.38. The van der Waals surface area contributed by atoms with Crippen molar-refractivity contribution in [2.75, 3.05) is 12.3 Å². The summed E-state index contributed by atoms with van der Waals surface area (Å²) in [6.45, 7) is 4.41. The molecule has 0 aliphatic heterocycles. The Kier molecular flexibility index (Phi) is 10.3. The van der Waals surface area contributed by atoms with Crippen LogP contribution in [0.2, 0.25) is 0 Å². The summed E-state index contributed by atoms with van der Waals surface area (Å²) < 4.78 is -0.624. The van der Waals surface area contributed by atoms with Crippen LogP contribution < -0.4 is 10.6 Å². The lowest BCUT2D eigenvalue weighted by molar-refractivity contribution is -0.122. The zero-order valence-corrected chi connectivity index (χ0v) is 25.9. The largest absolute Gasteiger partial charge is 0.354 e. The number of carbonyl (C=O) groups excluding carboxylic acids is 2. The molecule has 0 aliphatic rings. The maximum atomic E-state index is 13.8. The minimum atomic E-state index is -0.784. The minimum Gasteiger partial charge on any atom is -0.354 e. The van der Waals surface area contributed by atoms with Gasteiger partial charge in [0.25, 0.3) is 5.91 Å². The van der Waals surface area contributed by atoms with E-state index in [2.05, 4.69) is 52.0 Å². The van der Waals surface area contributed by atoms with Crippen LogP contribution in [0.25, 0.3) is 0 Å². The van der Waals surface area contributed by atoms with Crippen LogP contribution in [0.1, 0.15) is 43.9 Å². The normalized spacial score (nSPS) is 11.9. The number of aryl methyl sites for hydroxylation is 2. The molecule has 0 bridgehead atoms. The summed E-state index contributed by atoms with van der Waals surface area (Å²) in [6, 6.07) is 41.6. The molecule has 44 heavy (non-hydrogen) atoms. The molecule has 222 valence electrons. The summed E-state index contributed by atoms with van der Waals surface area (Å²) in [6.07, 6.45) is 2.34. The summed E-state index contributed by atoms with van der Waals surface area (Å²) >= 11 is 1.65. The minimum absolute atomic E-state index is 0.228. The lowest BCUT2D eigenvalue weighted by Gasteiger charge is -2.36. The van der Waals surface area contributed by atoms with Crippen LogP contribution in [-0.2, 0) is 16.0 Å². The van der Waals surface area contributed by atoms with Gasteiger partial charge in [-0.25, -0.2) is 0 Å². The van der Waals surface area contributed by atoms with Gasteiger partial charge in [-0.2, -0.15) is 0 Å². The van der Waals surface area contributed by atoms with Crippen molar-refractivity contribution in [3.8, 4) is 0 Å². The molecule has 0 unspecified atom stereocenters. The molecule has 5 rings (SSSR count). The number of hydrogen-bond acceptors (Lipinski definition) is 4. The average Bonchev–Trinajstić information content (AvgIpc) is 3.07. The van der Waals surface area contributed by atoms with Crippen molar-refractivity contribution >= 4 is 23.6 Å². The van der Waals surface area contributed by atoms with Crippen molar-refractivity contribution in [3.05, 3.63) is 173 Å². The van der Waals surface area contributed by atoms with Crippen LogP contribution in [0, 0.1) is 13.8 Å². The monoisotopic (exact) mass is 599 g/mol. The fraction of sp³-hybridized carbons (Fsp3) is 0.184. The first-order valence-electron chi connectivity index (χ1n) is 14.8. The molecule has 6 heteroatoms. The van der Waals surface area contributed by atoms with Gasteiger partial charge in [-0.15, -0.1) is 11.8 Å². The highest BCUT2D eigenvalue weighted by Crippen LogP contribution is 2.48. The highest BCUT2D eigenvalue weighted by molar-refractivity contribution is 8.00. The molecule has 0 spiro atoms. The lowest BCUT2D eigenvalue weighted by Crippen LogP contribution is -2.49. The fourth-order valence-corrected chi connectivity index (χ4v) is 6.83. The number of rotatable bonds is 12. The number of aromatic nitrogens is 1. The molecule has 2 amide bonds. The van der Waals surface area contributed by atoms with Crippen LogP contribution >= 0.6 is 11.8 Å². The van der Waals surface area contributed by atoms with Crippen LogP contribution in [0.5, 0.6) is 0 Å². The zero-order valence-electron chi connectivity index (χ0n) is 25.1. The molecule has 2 N–H and O–H groups in total. The fourth-order valence-electron chi connectivity index (χ4n) is 5.27. The van der Waals surface area contributed by atoms with E-state index in [0.29, 0.717) is 24.3 Å². The summed E-state index contributed by atoms with van der Waals surface area (Å²) in [4.78, 5) is 31.7. The van der Waals surface area contributed by atoms with Gasteiger partial charge in [0.1, 0.15) is 6.04 Å². The van der Waals surface area contributed by atoms with Crippen molar-refractivity contribution in [2.24, 2.45) is 0 Å². The number of amides is 2. The van der Waals surface area contributed by atoms with E-state index in [9.17, 15) is 9.59 Å². The predicted molar refractivity (Wildman–Crippen MR) is 180 cm³/mol. The summed E-state index contributed by atoms with van der Waals surface area (Å²) in [7, 11) is 0. The lowest BCUT2D eigenvalue weighted by atomic mass is 9.84. The Balaban J connectivity index is 1.48. The van der Waals surface area contributed by atoms with E-state index in [1.807, 2.05) is 105 Å². The third kappa shape index (κ3) is 7.26. The standard InChI is InChI=1S/C38H37N3O2S/c1-28-21-22-30(26-29(28)2)36(42)41-35(37(43)40-25-23-34-20-12-13-24-39-34)27-44-38(31-14-6-3-7-15-31,32-16-8-4-9-17-32)33-18-10-5-11-19-33/h3-22,24,26,35H,23,25,27H2,1-2H3,(H,40,43)(H,41,42)/t35-/m1/s1. The van der Waals surface area contributed by atoms with E-state index in [0.717, 1.165) is 33.5 Å². The number of benzene rings is 4. The molecule has 4 aromatic carbocycles. The summed E-state index contributed by atoms with van der Waals surface area (Å²) in [5.41, 5.74) is 6.85. The van der Waals surface area contributed by atoms with Crippen LogP contribution in [0.4, 0.5) is 0 Å². The number of nitrogens with zero attached hydrogens (tertiary/aromatic N) is 1. The van der Waals surface area contributed by atoms with E-state index in [1.165, 1.54) is 0 Å². The van der Waals surface area contributed by atoms with Gasteiger partial charge in [-0.3, -0.25) is 14.6 Å². The molecule has 0 saturated carbocycles. The van der Waals surface area contributed by atoms with Gasteiger partial charge >= 0.3 is 0 Å². The second kappa shape index (κ2) is 14.7. The van der Waals surface area contributed by atoms with E-state index >= 15 is 0 Å². The van der Waals surface area contributed by atoms with Crippen LogP contribution in [0.15, 0.2) is 134 Å². The molecule has 0 saturated heterocycles. The smallest absolute Gasteiger partial charge is 0.251 e. The van der Waals surface area contributed by atoms with Gasteiger partial charge in [0.2, 0.25) is 5.91 Å². The molecular formula is C38H37N3O2S. The van der Waals surface area contributed by atoms with Crippen LogP contribution in [-0.4, -0.2) is 35.1 Å². The summed E-state index contributed by atoms with van der Waals surface area (Å²) in [5.74, 6) is -0.165. The van der Waals surface area contributed by atoms with Gasteiger partial charge in [0, 0.05) is 36.2 Å². The second-order valence-electron chi connectivity index (χ2n) is 10.8. The summed E-state index contributed by atoms with van der Waals surface area (Å²) in [5, 5.41) is 6.13. The van der Waals surface area contributed by atoms with Crippen molar-refractivity contribution in [3.63, 3.8) is 0 Å². The van der Waals surface area contributed by atoms with Gasteiger partial charge in [0.15, 0.2) is 0 Å². The molecule has 1 aromatic heterocycles. The van der Waals surface area contributed by atoms with Gasteiger partial charge < -0.3 is 10.6 Å². The second-order valence-corrected chi connectivity index (χ2v) is 12.0. The highest BCUT2D eigenvalue weighted by atomic mass is 32.2. The molecule has 0 aliphatic carbocycles. The van der Waals surface area contributed by atoms with E-state index in [-0.39, 0.29) is 11.8 Å².